The van der Waals surface area contributed by atoms with E-state index >= 15 is 0 Å². The lowest BCUT2D eigenvalue weighted by Crippen LogP contribution is -2.45. The van der Waals surface area contributed by atoms with Crippen molar-refractivity contribution in [3.8, 4) is 0 Å². The molecule has 1 aromatic heterocycles. The number of aliphatic hydroxyl groups excluding tert-OH is 2. The quantitative estimate of drug-likeness (QED) is 0.440. The van der Waals surface area contributed by atoms with Crippen LogP contribution in [0.5, 0.6) is 0 Å². The number of hydrogen-bond acceptors (Lipinski definition) is 7. The van der Waals surface area contributed by atoms with E-state index in [9.17, 15) is 19.8 Å². The van der Waals surface area contributed by atoms with Crippen molar-refractivity contribution >= 4 is 22.7 Å². The van der Waals surface area contributed by atoms with E-state index in [4.69, 9.17) is 9.47 Å². The third-order valence-electron chi connectivity index (χ3n) is 8.41. The second kappa shape index (κ2) is 10.2. The maximum absolute atomic E-state index is 13.3. The molecule has 1 aromatic carbocycles. The molecule has 0 bridgehead atoms. The van der Waals surface area contributed by atoms with Crippen LogP contribution >= 0.6 is 0 Å². The summed E-state index contributed by atoms with van der Waals surface area (Å²) >= 11 is 0. The fourth-order valence-electron chi connectivity index (χ4n) is 5.50. The van der Waals surface area contributed by atoms with Crippen LogP contribution in [-0.2, 0) is 19.1 Å². The molecule has 3 unspecified atom stereocenters. The summed E-state index contributed by atoms with van der Waals surface area (Å²) in [6.45, 7) is 8.97. The molecule has 2 N–H and O–H groups in total. The first-order valence-corrected chi connectivity index (χ1v) is 13.0. The highest BCUT2D eigenvalue weighted by molar-refractivity contribution is 5.88. The number of aromatic nitrogens is 1. The SMILES string of the molecule is CC1CCC[C@@]2(C)O[C@H]2C[C@@H](c2ccc3cccnc3c2)OC(=O)CC(O)C(C)(C)C(=O)C(C)[C@H]1O. The zero-order chi connectivity index (χ0) is 26.3. The van der Waals surface area contributed by atoms with Gasteiger partial charge in [-0.2, -0.15) is 0 Å². The maximum atomic E-state index is 13.3. The van der Waals surface area contributed by atoms with Gasteiger partial charge in [0.2, 0.25) is 0 Å². The molecular weight excluding hydrogens is 458 g/mol. The van der Waals surface area contributed by atoms with E-state index in [1.807, 2.05) is 37.3 Å². The largest absolute Gasteiger partial charge is 0.457 e. The highest BCUT2D eigenvalue weighted by Crippen LogP contribution is 2.46. The molecule has 0 spiro atoms. The zero-order valence-electron chi connectivity index (χ0n) is 21.9. The number of hydrogen-bond donors (Lipinski definition) is 2. The molecule has 0 amide bonds. The minimum absolute atomic E-state index is 0.0651. The Morgan fingerprint density at radius 3 is 2.58 bits per heavy atom. The van der Waals surface area contributed by atoms with E-state index < -0.39 is 35.6 Å². The highest BCUT2D eigenvalue weighted by Gasteiger charge is 2.53. The number of carbonyl (C=O) groups is 2. The Morgan fingerprint density at radius 1 is 1.08 bits per heavy atom. The summed E-state index contributed by atoms with van der Waals surface area (Å²) in [6, 6.07) is 9.69. The van der Waals surface area contributed by atoms with E-state index in [0.717, 1.165) is 35.7 Å². The van der Waals surface area contributed by atoms with E-state index in [1.165, 1.54) is 0 Å². The summed E-state index contributed by atoms with van der Waals surface area (Å²) in [6.07, 6.45) is 1.66. The number of aliphatic hydroxyl groups is 2. The number of nitrogens with zero attached hydrogens (tertiary/aromatic N) is 1. The summed E-state index contributed by atoms with van der Waals surface area (Å²) in [4.78, 5) is 30.7. The monoisotopic (exact) mass is 497 g/mol. The lowest BCUT2D eigenvalue weighted by Gasteiger charge is -2.34. The van der Waals surface area contributed by atoms with E-state index in [0.29, 0.717) is 6.42 Å². The Hall–Kier alpha value is -2.35. The fourth-order valence-corrected chi connectivity index (χ4v) is 5.50. The van der Waals surface area contributed by atoms with Gasteiger partial charge in [-0.3, -0.25) is 14.6 Å². The molecule has 0 saturated carbocycles. The number of Topliss-reactive ketones (excluding diaryl/α,β-unsaturated/α-hetero) is 1. The molecule has 0 radical (unpaired) electrons. The van der Waals surface area contributed by atoms with Crippen molar-refractivity contribution < 1.29 is 29.3 Å². The summed E-state index contributed by atoms with van der Waals surface area (Å²) in [5.74, 6) is -1.57. The molecule has 4 rings (SSSR count). The first kappa shape index (κ1) is 26.7. The molecule has 0 aliphatic carbocycles. The number of benzene rings is 1. The van der Waals surface area contributed by atoms with Gasteiger partial charge < -0.3 is 19.7 Å². The Labute approximate surface area is 213 Å². The minimum Gasteiger partial charge on any atom is -0.457 e. The van der Waals surface area contributed by atoms with E-state index in [1.54, 1.807) is 27.0 Å². The molecule has 3 heterocycles. The Kier molecular flexibility index (Phi) is 7.56. The number of fused-ring (bicyclic) bond motifs is 2. The van der Waals surface area contributed by atoms with Crippen LogP contribution in [0, 0.1) is 17.3 Å². The van der Waals surface area contributed by atoms with Crippen molar-refractivity contribution in [3.63, 3.8) is 0 Å². The van der Waals surface area contributed by atoms with Crippen molar-refractivity contribution in [2.45, 2.75) is 96.7 Å². The third-order valence-corrected chi connectivity index (χ3v) is 8.41. The van der Waals surface area contributed by atoms with Crippen molar-refractivity contribution in [1.82, 2.24) is 4.98 Å². The normalized spacial score (nSPS) is 36.2. The van der Waals surface area contributed by atoms with Gasteiger partial charge >= 0.3 is 5.97 Å². The van der Waals surface area contributed by atoms with Crippen LogP contribution in [-0.4, -0.2) is 50.9 Å². The van der Waals surface area contributed by atoms with Crippen LogP contribution in [0.2, 0.25) is 0 Å². The minimum atomic E-state index is -1.24. The van der Waals surface area contributed by atoms with Crippen LogP contribution in [0.15, 0.2) is 36.5 Å². The first-order valence-electron chi connectivity index (χ1n) is 13.0. The molecule has 196 valence electrons. The molecule has 7 heteroatoms. The maximum Gasteiger partial charge on any atom is 0.309 e. The first-order chi connectivity index (χ1) is 16.9. The molecule has 2 saturated heterocycles. The van der Waals surface area contributed by atoms with Crippen molar-refractivity contribution in [3.05, 3.63) is 42.1 Å². The summed E-state index contributed by atoms with van der Waals surface area (Å²) < 4.78 is 12.0. The van der Waals surface area contributed by atoms with Crippen LogP contribution in [0.25, 0.3) is 10.9 Å². The summed E-state index contributed by atoms with van der Waals surface area (Å²) in [7, 11) is 0. The van der Waals surface area contributed by atoms with Gasteiger partial charge in [0.05, 0.1) is 41.3 Å². The molecule has 2 fully saturated rings. The summed E-state index contributed by atoms with van der Waals surface area (Å²) in [5.41, 5.74) is 0.107. The zero-order valence-corrected chi connectivity index (χ0v) is 21.9. The number of pyridine rings is 1. The van der Waals surface area contributed by atoms with Gasteiger partial charge in [-0.15, -0.1) is 0 Å². The van der Waals surface area contributed by atoms with Gasteiger partial charge in [0, 0.05) is 23.9 Å². The molecule has 36 heavy (non-hydrogen) atoms. The number of cyclic esters (lactones) is 1. The predicted molar refractivity (Wildman–Crippen MR) is 136 cm³/mol. The average Bonchev–Trinajstić information content (AvgIpc) is 3.49. The van der Waals surface area contributed by atoms with Gasteiger partial charge in [-0.05, 0) is 43.4 Å². The Bertz CT molecular complexity index is 1120. The highest BCUT2D eigenvalue weighted by atomic mass is 16.6. The van der Waals surface area contributed by atoms with Gasteiger partial charge in [0.1, 0.15) is 11.9 Å². The predicted octanol–water partition coefficient (Wildman–Crippen LogP) is 4.53. The molecule has 2 aromatic rings. The van der Waals surface area contributed by atoms with Crippen LogP contribution in [0.1, 0.15) is 78.4 Å². The second-order valence-electron chi connectivity index (χ2n) is 11.5. The second-order valence-corrected chi connectivity index (χ2v) is 11.5. The van der Waals surface area contributed by atoms with Crippen molar-refractivity contribution in [2.24, 2.45) is 17.3 Å². The number of ether oxygens (including phenoxy) is 2. The van der Waals surface area contributed by atoms with E-state index in [2.05, 4.69) is 11.9 Å². The average molecular weight is 498 g/mol. The van der Waals surface area contributed by atoms with Gasteiger partial charge in [0.15, 0.2) is 0 Å². The number of carbonyl (C=O) groups excluding carboxylic acids is 2. The smallest absolute Gasteiger partial charge is 0.309 e. The van der Waals surface area contributed by atoms with E-state index in [-0.39, 0.29) is 29.8 Å². The molecule has 2 aliphatic heterocycles. The number of esters is 1. The van der Waals surface area contributed by atoms with Gasteiger partial charge in [-0.25, -0.2) is 0 Å². The molecule has 7 atom stereocenters. The number of rotatable bonds is 1. The van der Waals surface area contributed by atoms with Gasteiger partial charge in [-0.1, -0.05) is 52.3 Å². The molecular formula is C29H39NO6. The number of epoxide rings is 1. The van der Waals surface area contributed by atoms with Crippen LogP contribution < -0.4 is 0 Å². The van der Waals surface area contributed by atoms with Crippen LogP contribution in [0.4, 0.5) is 0 Å². The molecule has 2 aliphatic rings. The van der Waals surface area contributed by atoms with Crippen molar-refractivity contribution in [2.75, 3.05) is 0 Å². The van der Waals surface area contributed by atoms with Gasteiger partial charge in [0.25, 0.3) is 0 Å². The Balaban J connectivity index is 1.62. The third kappa shape index (κ3) is 5.48. The lowest BCUT2D eigenvalue weighted by atomic mass is 9.73. The topological polar surface area (TPSA) is 109 Å². The number of ketones is 1. The lowest BCUT2D eigenvalue weighted by molar-refractivity contribution is -0.156. The van der Waals surface area contributed by atoms with Crippen molar-refractivity contribution in [1.29, 1.82) is 0 Å². The fraction of sp³-hybridized carbons (Fsp3) is 0.621. The Morgan fingerprint density at radius 2 is 1.83 bits per heavy atom. The molecule has 7 nitrogen and oxygen atoms in total. The summed E-state index contributed by atoms with van der Waals surface area (Å²) in [5, 5.41) is 22.8. The van der Waals surface area contributed by atoms with Crippen LogP contribution in [0.3, 0.4) is 0 Å². The standard InChI is InChI=1S/C29H39NO6/c1-17-8-6-12-29(5)24(36-29)15-22(20-11-10-19-9-7-13-30-21(19)14-20)35-25(32)16-23(31)28(3,4)27(34)18(2)26(17)33/h7,9-11,13-14,17-18,22-24,26,31,33H,6,8,12,15-16H2,1-5H3/t17?,18?,22-,23?,24-,26-,29+/m0/s1.